The van der Waals surface area contributed by atoms with Crippen LogP contribution in [0.25, 0.3) is 0 Å². The predicted octanol–water partition coefficient (Wildman–Crippen LogP) is 9.88. The molecule has 2 aromatic rings. The Balaban J connectivity index is 1.88. The number of aryl methyl sites for hydroxylation is 2. The van der Waals surface area contributed by atoms with Crippen molar-refractivity contribution >= 4 is 25.3 Å². The van der Waals surface area contributed by atoms with E-state index in [-0.39, 0.29) is 0 Å². The fourth-order valence-corrected chi connectivity index (χ4v) is 5.07. The zero-order valence-electron chi connectivity index (χ0n) is 21.0. The summed E-state index contributed by atoms with van der Waals surface area (Å²) >= 11 is 9.61. The lowest BCUT2D eigenvalue weighted by Gasteiger charge is -2.16. The van der Waals surface area contributed by atoms with Gasteiger partial charge in [0, 0.05) is 10.5 Å². The van der Waals surface area contributed by atoms with E-state index >= 15 is 0 Å². The molecule has 0 aliphatic carbocycles. The van der Waals surface area contributed by atoms with Gasteiger partial charge in [-0.15, -0.1) is 0 Å². The third-order valence-electron chi connectivity index (χ3n) is 6.41. The lowest BCUT2D eigenvalue weighted by molar-refractivity contribution is 0.466. The Bertz CT molecular complexity index is 697. The summed E-state index contributed by atoms with van der Waals surface area (Å²) in [5, 5.41) is 1.03. The maximum absolute atomic E-state index is 6.48. The molecule has 2 unspecified atom stereocenters. The third-order valence-corrected chi connectivity index (χ3v) is 7.45. The number of hydrogen-bond donors (Lipinski definition) is 2. The molecule has 1 nitrogen and oxygen atoms in total. The van der Waals surface area contributed by atoms with Crippen LogP contribution in [0.5, 0.6) is 11.5 Å². The van der Waals surface area contributed by atoms with Gasteiger partial charge < -0.3 is 4.74 Å². The highest BCUT2D eigenvalue weighted by Crippen LogP contribution is 2.30. The number of benzene rings is 2. The fraction of sp³-hybridized carbons (Fsp3) is 0.600. The second kappa shape index (κ2) is 17.4. The van der Waals surface area contributed by atoms with Crippen LogP contribution in [0.1, 0.15) is 102 Å². The predicted molar refractivity (Wildman–Crippen MR) is 153 cm³/mol. The average molecular weight is 487 g/mol. The molecule has 184 valence electrons. The zero-order valence-corrected chi connectivity index (χ0v) is 22.8. The van der Waals surface area contributed by atoms with E-state index in [2.05, 4.69) is 62.4 Å². The van der Waals surface area contributed by atoms with Gasteiger partial charge in [0.15, 0.2) is 0 Å². The van der Waals surface area contributed by atoms with Crippen molar-refractivity contribution in [1.29, 1.82) is 0 Å². The van der Waals surface area contributed by atoms with Crippen LogP contribution in [0.3, 0.4) is 0 Å². The van der Waals surface area contributed by atoms with Gasteiger partial charge in [-0.05, 0) is 74.6 Å². The molecule has 0 fully saturated rings. The molecule has 3 heteroatoms. The summed E-state index contributed by atoms with van der Waals surface area (Å²) in [6.07, 6.45) is 17.0. The number of rotatable bonds is 18. The van der Waals surface area contributed by atoms with Gasteiger partial charge in [-0.2, -0.15) is 25.3 Å². The van der Waals surface area contributed by atoms with Crippen molar-refractivity contribution < 1.29 is 4.74 Å². The molecule has 0 N–H and O–H groups in total. The quantitative estimate of drug-likeness (QED) is 0.157. The molecule has 2 atom stereocenters. The van der Waals surface area contributed by atoms with Crippen molar-refractivity contribution in [3.63, 3.8) is 0 Å². The molecule has 0 spiro atoms. The van der Waals surface area contributed by atoms with Gasteiger partial charge in [-0.25, -0.2) is 0 Å². The molecule has 0 amide bonds. The topological polar surface area (TPSA) is 9.23 Å². The molecule has 2 rings (SSSR count). The first-order chi connectivity index (χ1) is 16.1. The molecular weight excluding hydrogens is 440 g/mol. The highest BCUT2D eigenvalue weighted by atomic mass is 32.1. The molecule has 0 bridgehead atoms. The summed E-state index contributed by atoms with van der Waals surface area (Å²) in [6.45, 7) is 4.52. The number of para-hydroxylation sites is 2. The summed E-state index contributed by atoms with van der Waals surface area (Å²) in [4.78, 5) is 0. The monoisotopic (exact) mass is 486 g/mol. The first kappa shape index (κ1) is 28.2. The zero-order chi connectivity index (χ0) is 23.7. The largest absolute Gasteiger partial charge is 0.457 e. The molecular formula is C30H46OS2. The molecule has 0 aliphatic heterocycles. The molecule has 0 saturated heterocycles. The summed E-state index contributed by atoms with van der Waals surface area (Å²) < 4.78 is 6.48. The maximum atomic E-state index is 6.48. The van der Waals surface area contributed by atoms with Gasteiger partial charge in [0.1, 0.15) is 11.5 Å². The van der Waals surface area contributed by atoms with Gasteiger partial charge in [-0.1, -0.05) is 88.8 Å². The van der Waals surface area contributed by atoms with Crippen molar-refractivity contribution in [3.05, 3.63) is 59.7 Å². The van der Waals surface area contributed by atoms with E-state index in [0.29, 0.717) is 10.5 Å². The van der Waals surface area contributed by atoms with Crippen molar-refractivity contribution in [2.24, 2.45) is 0 Å². The van der Waals surface area contributed by atoms with Crippen LogP contribution in [0.4, 0.5) is 0 Å². The summed E-state index contributed by atoms with van der Waals surface area (Å²) in [7, 11) is 0. The highest BCUT2D eigenvalue weighted by molar-refractivity contribution is 7.81. The van der Waals surface area contributed by atoms with Crippen molar-refractivity contribution in [3.8, 4) is 11.5 Å². The van der Waals surface area contributed by atoms with Gasteiger partial charge in [0.05, 0.1) is 0 Å². The minimum absolute atomic E-state index is 0.517. The van der Waals surface area contributed by atoms with Crippen LogP contribution in [-0.2, 0) is 12.8 Å². The van der Waals surface area contributed by atoms with Crippen molar-refractivity contribution in [2.45, 2.75) is 114 Å². The Labute approximate surface area is 214 Å². The van der Waals surface area contributed by atoms with Crippen LogP contribution in [0.15, 0.2) is 48.5 Å². The van der Waals surface area contributed by atoms with Crippen LogP contribution in [0.2, 0.25) is 0 Å². The number of thiol groups is 2. The van der Waals surface area contributed by atoms with E-state index in [1.807, 2.05) is 0 Å². The van der Waals surface area contributed by atoms with Crippen LogP contribution >= 0.6 is 25.3 Å². The molecule has 0 radical (unpaired) electrons. The minimum atomic E-state index is 0.517. The first-order valence-electron chi connectivity index (χ1n) is 13.3. The molecule has 0 heterocycles. The second-order valence-electron chi connectivity index (χ2n) is 9.40. The Hall–Kier alpha value is -1.06. The lowest BCUT2D eigenvalue weighted by atomic mass is 10.0. The Morgan fingerprint density at radius 3 is 1.39 bits per heavy atom. The molecule has 33 heavy (non-hydrogen) atoms. The standard InChI is InChI=1S/C30H46OS2/c1-3-5-7-19-27(32)21-13-17-25-15-9-11-23-29(25)31-30-24-12-10-16-26(30)18-14-22-28(33)20-8-6-4-2/h9-12,15-16,23-24,27-28,32-33H,3-8,13-14,17-22H2,1-2H3. The Kier molecular flexibility index (Phi) is 14.8. The average Bonchev–Trinajstić information content (AvgIpc) is 2.81. The first-order valence-corrected chi connectivity index (χ1v) is 14.4. The van der Waals surface area contributed by atoms with Gasteiger partial charge in [0.2, 0.25) is 0 Å². The van der Waals surface area contributed by atoms with Gasteiger partial charge in [0.25, 0.3) is 0 Å². The van der Waals surface area contributed by atoms with E-state index in [4.69, 9.17) is 30.0 Å². The fourth-order valence-electron chi connectivity index (χ4n) is 4.34. The Morgan fingerprint density at radius 1 is 0.576 bits per heavy atom. The second-order valence-corrected chi connectivity index (χ2v) is 10.9. The number of ether oxygens (including phenoxy) is 1. The summed E-state index contributed by atoms with van der Waals surface area (Å²) in [6, 6.07) is 17.1. The molecule has 0 aliphatic rings. The third kappa shape index (κ3) is 11.8. The normalized spacial score (nSPS) is 13.1. The number of unbranched alkanes of at least 4 members (excludes halogenated alkanes) is 4. The van der Waals surface area contributed by atoms with E-state index in [0.717, 1.165) is 37.2 Å². The Morgan fingerprint density at radius 2 is 0.970 bits per heavy atom. The molecule has 0 aromatic heterocycles. The SMILES string of the molecule is CCCCCC(S)CCCc1ccccc1Oc1ccccc1CCCC(S)CCCCC. The number of hydrogen-bond acceptors (Lipinski definition) is 3. The van der Waals surface area contributed by atoms with Crippen molar-refractivity contribution in [1.82, 2.24) is 0 Å². The van der Waals surface area contributed by atoms with E-state index in [1.165, 1.54) is 75.3 Å². The lowest BCUT2D eigenvalue weighted by Crippen LogP contribution is -2.02. The van der Waals surface area contributed by atoms with Crippen molar-refractivity contribution in [2.75, 3.05) is 0 Å². The van der Waals surface area contributed by atoms with E-state index < -0.39 is 0 Å². The van der Waals surface area contributed by atoms with Crippen LogP contribution in [-0.4, -0.2) is 10.5 Å². The van der Waals surface area contributed by atoms with Crippen LogP contribution in [0, 0.1) is 0 Å². The molecule has 0 saturated carbocycles. The van der Waals surface area contributed by atoms with E-state index in [9.17, 15) is 0 Å². The highest BCUT2D eigenvalue weighted by Gasteiger charge is 2.10. The molecule has 2 aromatic carbocycles. The summed E-state index contributed by atoms with van der Waals surface area (Å²) in [5.74, 6) is 2.00. The minimum Gasteiger partial charge on any atom is -0.457 e. The van der Waals surface area contributed by atoms with Gasteiger partial charge >= 0.3 is 0 Å². The smallest absolute Gasteiger partial charge is 0.130 e. The van der Waals surface area contributed by atoms with Crippen LogP contribution < -0.4 is 4.74 Å². The maximum Gasteiger partial charge on any atom is 0.130 e. The van der Waals surface area contributed by atoms with E-state index in [1.54, 1.807) is 0 Å². The summed E-state index contributed by atoms with van der Waals surface area (Å²) in [5.41, 5.74) is 2.60. The van der Waals surface area contributed by atoms with Gasteiger partial charge in [-0.3, -0.25) is 0 Å².